The molecule has 0 unspecified atom stereocenters. The molecule has 0 aliphatic heterocycles. The fourth-order valence-electron chi connectivity index (χ4n) is 3.50. The van der Waals surface area contributed by atoms with Crippen molar-refractivity contribution in [1.82, 2.24) is 24.1 Å². The van der Waals surface area contributed by atoms with Crippen LogP contribution in [0.25, 0.3) is 16.9 Å². The number of nitrogens with one attached hydrogen (secondary N) is 1. The number of amides is 2. The summed E-state index contributed by atoms with van der Waals surface area (Å²) in [5.41, 5.74) is 3.67. The lowest BCUT2D eigenvalue weighted by atomic mass is 10.2. The number of aromatic nitrogens is 4. The van der Waals surface area contributed by atoms with Gasteiger partial charge in [-0.2, -0.15) is 5.10 Å². The lowest BCUT2D eigenvalue weighted by molar-refractivity contribution is 0.0789. The van der Waals surface area contributed by atoms with Gasteiger partial charge in [-0.25, -0.2) is 4.98 Å². The zero-order chi connectivity index (χ0) is 22.0. The molecule has 4 aromatic rings. The van der Waals surface area contributed by atoms with Crippen LogP contribution in [0.1, 0.15) is 34.2 Å². The molecule has 1 N–H and O–H groups in total. The number of pyridine rings is 1. The summed E-state index contributed by atoms with van der Waals surface area (Å²) in [6, 6.07) is 13.5. The molecule has 1 aromatic carbocycles. The summed E-state index contributed by atoms with van der Waals surface area (Å²) in [6.45, 7) is 2.60. The molecule has 0 radical (unpaired) electrons. The van der Waals surface area contributed by atoms with Gasteiger partial charge in [0.2, 0.25) is 0 Å². The Kier molecular flexibility index (Phi) is 5.53. The first-order valence-electron chi connectivity index (χ1n) is 10.1. The Bertz CT molecular complexity index is 1240. The molecule has 4 rings (SSSR count). The molecule has 0 aliphatic carbocycles. The predicted molar refractivity (Wildman–Crippen MR) is 119 cm³/mol. The number of benzene rings is 1. The fraction of sp³-hybridized carbons (Fsp3) is 0.217. The molecule has 0 atom stereocenters. The second kappa shape index (κ2) is 8.43. The normalized spacial score (nSPS) is 10.9. The van der Waals surface area contributed by atoms with E-state index in [2.05, 4.69) is 15.4 Å². The van der Waals surface area contributed by atoms with E-state index in [0.717, 1.165) is 17.7 Å². The Balaban J connectivity index is 1.59. The highest BCUT2D eigenvalue weighted by molar-refractivity contribution is 6.11. The van der Waals surface area contributed by atoms with Crippen LogP contribution in [0.5, 0.6) is 0 Å². The highest BCUT2D eigenvalue weighted by Gasteiger charge is 2.24. The standard InChI is InChI=1S/C23H24N6O2/c1-4-11-27(2)23(31)18-14-24-28(3)21(18)22(30)25-17-10-12-29-15-19(26-20(29)13-17)16-8-6-5-7-9-16/h5-10,12-15H,4,11H2,1-3H3,(H,25,30). The SMILES string of the molecule is CCCN(C)C(=O)c1cnn(C)c1C(=O)Nc1ccn2cc(-c3ccccc3)nc2c1. The van der Waals surface area contributed by atoms with Crippen molar-refractivity contribution in [1.29, 1.82) is 0 Å². The van der Waals surface area contributed by atoms with Crippen LogP contribution in [-0.2, 0) is 7.05 Å². The average Bonchev–Trinajstić information content (AvgIpc) is 3.37. The van der Waals surface area contributed by atoms with E-state index in [9.17, 15) is 9.59 Å². The quantitative estimate of drug-likeness (QED) is 0.522. The van der Waals surface area contributed by atoms with Crippen LogP contribution in [0.2, 0.25) is 0 Å². The van der Waals surface area contributed by atoms with E-state index >= 15 is 0 Å². The summed E-state index contributed by atoms with van der Waals surface area (Å²) in [4.78, 5) is 32.0. The molecule has 0 saturated carbocycles. The molecule has 8 heteroatoms. The van der Waals surface area contributed by atoms with Crippen molar-refractivity contribution < 1.29 is 9.59 Å². The largest absolute Gasteiger partial charge is 0.342 e. The Morgan fingerprint density at radius 2 is 1.94 bits per heavy atom. The van der Waals surface area contributed by atoms with E-state index in [1.807, 2.05) is 54.0 Å². The van der Waals surface area contributed by atoms with Gasteiger partial charge >= 0.3 is 0 Å². The van der Waals surface area contributed by atoms with E-state index < -0.39 is 5.91 Å². The van der Waals surface area contributed by atoms with Crippen LogP contribution in [0, 0.1) is 0 Å². The third-order valence-electron chi connectivity index (χ3n) is 5.08. The van der Waals surface area contributed by atoms with Crippen molar-refractivity contribution in [3.63, 3.8) is 0 Å². The van der Waals surface area contributed by atoms with E-state index in [-0.39, 0.29) is 17.2 Å². The Morgan fingerprint density at radius 3 is 2.68 bits per heavy atom. The summed E-state index contributed by atoms with van der Waals surface area (Å²) in [5, 5.41) is 6.99. The van der Waals surface area contributed by atoms with Crippen LogP contribution < -0.4 is 5.32 Å². The van der Waals surface area contributed by atoms with Crippen LogP contribution in [-0.4, -0.2) is 49.5 Å². The van der Waals surface area contributed by atoms with E-state index in [1.165, 1.54) is 10.9 Å². The van der Waals surface area contributed by atoms with Gasteiger partial charge in [-0.3, -0.25) is 14.3 Å². The van der Waals surface area contributed by atoms with Gasteiger partial charge in [-0.15, -0.1) is 0 Å². The first kappa shape index (κ1) is 20.3. The third kappa shape index (κ3) is 4.05. The molecule has 0 bridgehead atoms. The van der Waals surface area contributed by atoms with Crippen LogP contribution in [0.15, 0.2) is 61.1 Å². The van der Waals surface area contributed by atoms with Gasteiger partial charge in [0, 0.05) is 50.4 Å². The fourth-order valence-corrected chi connectivity index (χ4v) is 3.50. The number of fused-ring (bicyclic) bond motifs is 1. The number of nitrogens with zero attached hydrogens (tertiary/aromatic N) is 5. The molecular weight excluding hydrogens is 392 g/mol. The van der Waals surface area contributed by atoms with Crippen molar-refractivity contribution >= 4 is 23.1 Å². The highest BCUT2D eigenvalue weighted by atomic mass is 16.2. The topological polar surface area (TPSA) is 84.5 Å². The maximum Gasteiger partial charge on any atom is 0.274 e. The number of rotatable bonds is 6. The van der Waals surface area contributed by atoms with Crippen LogP contribution >= 0.6 is 0 Å². The molecule has 0 spiro atoms. The van der Waals surface area contributed by atoms with Gasteiger partial charge in [0.1, 0.15) is 11.3 Å². The summed E-state index contributed by atoms with van der Waals surface area (Å²) in [5.74, 6) is -0.622. The molecule has 2 amide bonds. The lowest BCUT2D eigenvalue weighted by Gasteiger charge is -2.16. The first-order valence-corrected chi connectivity index (χ1v) is 10.1. The summed E-state index contributed by atoms with van der Waals surface area (Å²) >= 11 is 0. The zero-order valence-corrected chi connectivity index (χ0v) is 17.7. The maximum absolute atomic E-state index is 13.0. The number of carbonyl (C=O) groups is 2. The average molecular weight is 416 g/mol. The predicted octanol–water partition coefficient (Wildman–Crippen LogP) is 3.47. The molecule has 3 aromatic heterocycles. The van der Waals surface area contributed by atoms with E-state index in [1.54, 1.807) is 31.1 Å². The Hall–Kier alpha value is -3.94. The number of imidazole rings is 1. The lowest BCUT2D eigenvalue weighted by Crippen LogP contribution is -2.29. The van der Waals surface area contributed by atoms with Gasteiger partial charge in [0.15, 0.2) is 0 Å². The number of anilines is 1. The molecule has 0 saturated heterocycles. The molecule has 0 aliphatic rings. The molecular formula is C23H24N6O2. The number of aryl methyl sites for hydroxylation is 1. The van der Waals surface area contributed by atoms with Gasteiger partial charge in [-0.1, -0.05) is 37.3 Å². The minimum Gasteiger partial charge on any atom is -0.342 e. The van der Waals surface area contributed by atoms with Gasteiger partial charge in [0.05, 0.1) is 17.5 Å². The molecule has 31 heavy (non-hydrogen) atoms. The second-order valence-electron chi connectivity index (χ2n) is 7.38. The van der Waals surface area contributed by atoms with Crippen molar-refractivity contribution in [2.75, 3.05) is 18.9 Å². The van der Waals surface area contributed by atoms with Gasteiger partial charge < -0.3 is 14.6 Å². The molecule has 8 nitrogen and oxygen atoms in total. The molecule has 0 fully saturated rings. The van der Waals surface area contributed by atoms with Crippen LogP contribution in [0.3, 0.4) is 0 Å². The van der Waals surface area contributed by atoms with Crippen LogP contribution in [0.4, 0.5) is 5.69 Å². The summed E-state index contributed by atoms with van der Waals surface area (Å²) in [6.07, 6.45) is 6.05. The van der Waals surface area contributed by atoms with E-state index in [0.29, 0.717) is 17.9 Å². The Labute approximate surface area is 180 Å². The zero-order valence-electron chi connectivity index (χ0n) is 17.7. The van der Waals surface area contributed by atoms with Gasteiger partial charge in [-0.05, 0) is 12.5 Å². The van der Waals surface area contributed by atoms with Crippen molar-refractivity contribution in [2.45, 2.75) is 13.3 Å². The van der Waals surface area contributed by atoms with Crippen molar-refractivity contribution in [2.24, 2.45) is 7.05 Å². The minimum atomic E-state index is -0.396. The molecule has 3 heterocycles. The van der Waals surface area contributed by atoms with Crippen molar-refractivity contribution in [3.8, 4) is 11.3 Å². The smallest absolute Gasteiger partial charge is 0.274 e. The summed E-state index contributed by atoms with van der Waals surface area (Å²) < 4.78 is 3.32. The number of carbonyl (C=O) groups excluding carboxylic acids is 2. The minimum absolute atomic E-state index is 0.223. The van der Waals surface area contributed by atoms with E-state index in [4.69, 9.17) is 0 Å². The molecule has 158 valence electrons. The maximum atomic E-state index is 13.0. The monoisotopic (exact) mass is 416 g/mol. The first-order chi connectivity index (χ1) is 15.0. The number of hydrogen-bond acceptors (Lipinski definition) is 4. The van der Waals surface area contributed by atoms with Crippen molar-refractivity contribution in [3.05, 3.63) is 72.3 Å². The van der Waals surface area contributed by atoms with Gasteiger partial charge in [0.25, 0.3) is 11.8 Å². The summed E-state index contributed by atoms with van der Waals surface area (Å²) in [7, 11) is 3.37. The highest BCUT2D eigenvalue weighted by Crippen LogP contribution is 2.21. The third-order valence-corrected chi connectivity index (χ3v) is 5.08. The second-order valence-corrected chi connectivity index (χ2v) is 7.38. The Morgan fingerprint density at radius 1 is 1.16 bits per heavy atom. The number of hydrogen-bond donors (Lipinski definition) is 1.